The Morgan fingerprint density at radius 1 is 1.14 bits per heavy atom. The van der Waals surface area contributed by atoms with Crippen LogP contribution in [-0.2, 0) is 5.54 Å². The molecule has 0 amide bonds. The van der Waals surface area contributed by atoms with Gasteiger partial charge in [-0.25, -0.2) is 8.78 Å². The van der Waals surface area contributed by atoms with Gasteiger partial charge in [-0.3, -0.25) is 10.3 Å². The summed E-state index contributed by atoms with van der Waals surface area (Å²) in [6, 6.07) is 16.3. The normalized spacial score (nSPS) is 21.0. The van der Waals surface area contributed by atoms with Crippen LogP contribution >= 0.6 is 15.9 Å². The molecule has 0 radical (unpaired) electrons. The third-order valence-electron chi connectivity index (χ3n) is 5.06. The Morgan fingerprint density at radius 2 is 1.93 bits per heavy atom. The molecule has 3 N–H and O–H groups in total. The number of methoxy groups -OCH3 is 1. The first-order valence-corrected chi connectivity index (χ1v) is 9.48. The number of benzene rings is 2. The van der Waals surface area contributed by atoms with Crippen molar-refractivity contribution in [3.8, 4) is 5.75 Å². The van der Waals surface area contributed by atoms with Gasteiger partial charge in [0.25, 0.3) is 6.43 Å². The molecule has 0 fully saturated rings. The van der Waals surface area contributed by atoms with Crippen molar-refractivity contribution in [1.82, 2.24) is 10.3 Å². The average molecular weight is 446 g/mol. The Labute approximate surface area is 169 Å². The lowest BCUT2D eigenvalue weighted by molar-refractivity contribution is 0.147. The molecule has 0 aliphatic carbocycles. The molecular formula is C21H18BrF2N3O. The van der Waals surface area contributed by atoms with Gasteiger partial charge in [0.2, 0.25) is 0 Å². The molecule has 144 valence electrons. The van der Waals surface area contributed by atoms with Crippen LogP contribution in [0.25, 0.3) is 0 Å². The SMILES string of the molecule is COc1ccc(C2(c3cccc(Br)c3)NC(N)c3ncccc32)cc1C(F)F. The van der Waals surface area contributed by atoms with E-state index in [1.54, 1.807) is 18.3 Å². The average Bonchev–Trinajstić information content (AvgIpc) is 3.01. The quantitative estimate of drug-likeness (QED) is 0.613. The van der Waals surface area contributed by atoms with E-state index in [1.165, 1.54) is 13.2 Å². The zero-order valence-corrected chi connectivity index (χ0v) is 16.6. The van der Waals surface area contributed by atoms with E-state index >= 15 is 0 Å². The summed E-state index contributed by atoms with van der Waals surface area (Å²) in [5.74, 6) is 0.150. The van der Waals surface area contributed by atoms with Crippen LogP contribution in [0.1, 0.15) is 40.5 Å². The maximum atomic E-state index is 13.7. The molecule has 4 rings (SSSR count). The van der Waals surface area contributed by atoms with Crippen LogP contribution in [0, 0.1) is 0 Å². The third kappa shape index (κ3) is 2.90. The summed E-state index contributed by atoms with van der Waals surface area (Å²) in [4.78, 5) is 4.43. The first-order chi connectivity index (χ1) is 13.5. The van der Waals surface area contributed by atoms with Crippen LogP contribution in [0.5, 0.6) is 5.75 Å². The number of nitrogens with zero attached hydrogens (tertiary/aromatic N) is 1. The van der Waals surface area contributed by atoms with Gasteiger partial charge in [-0.2, -0.15) is 0 Å². The van der Waals surface area contributed by atoms with E-state index in [1.807, 2.05) is 36.4 Å². The molecule has 7 heteroatoms. The Kier molecular flexibility index (Phi) is 4.91. The first-order valence-electron chi connectivity index (χ1n) is 8.68. The van der Waals surface area contributed by atoms with E-state index in [0.29, 0.717) is 11.3 Å². The summed E-state index contributed by atoms with van der Waals surface area (Å²) in [5, 5.41) is 3.40. The van der Waals surface area contributed by atoms with E-state index in [0.717, 1.165) is 15.6 Å². The van der Waals surface area contributed by atoms with E-state index in [-0.39, 0.29) is 11.3 Å². The summed E-state index contributed by atoms with van der Waals surface area (Å²) >= 11 is 3.51. The predicted molar refractivity (Wildman–Crippen MR) is 106 cm³/mol. The molecule has 3 aromatic rings. The lowest BCUT2D eigenvalue weighted by Gasteiger charge is -2.33. The van der Waals surface area contributed by atoms with Crippen LogP contribution in [0.15, 0.2) is 65.3 Å². The summed E-state index contributed by atoms with van der Waals surface area (Å²) < 4.78 is 33.4. The molecule has 2 heterocycles. The van der Waals surface area contributed by atoms with E-state index < -0.39 is 18.1 Å². The molecule has 28 heavy (non-hydrogen) atoms. The Balaban J connectivity index is 2.03. The van der Waals surface area contributed by atoms with Crippen LogP contribution in [0.2, 0.25) is 0 Å². The van der Waals surface area contributed by atoms with Gasteiger partial charge in [-0.15, -0.1) is 0 Å². The number of halogens is 3. The van der Waals surface area contributed by atoms with E-state index in [9.17, 15) is 8.78 Å². The predicted octanol–water partition coefficient (Wildman–Crippen LogP) is 4.64. The van der Waals surface area contributed by atoms with Crippen LogP contribution in [0.3, 0.4) is 0 Å². The number of aromatic nitrogens is 1. The largest absolute Gasteiger partial charge is 0.496 e. The Bertz CT molecular complexity index is 1030. The fourth-order valence-corrected chi connectivity index (χ4v) is 4.27. The monoisotopic (exact) mass is 445 g/mol. The van der Waals surface area contributed by atoms with Gasteiger partial charge < -0.3 is 10.5 Å². The van der Waals surface area contributed by atoms with Gasteiger partial charge in [0, 0.05) is 16.2 Å². The standard InChI is InChI=1S/C21H18BrF2N3O/c1-28-17-8-7-13(11-15(17)19(23)24)21(12-4-2-5-14(22)10-12)16-6-3-9-26-18(16)20(25)27-21/h2-11,19-20,27H,25H2,1H3. The number of nitrogens with two attached hydrogens (primary N) is 1. The summed E-state index contributed by atoms with van der Waals surface area (Å²) in [6.45, 7) is 0. The zero-order chi connectivity index (χ0) is 19.9. The van der Waals surface area contributed by atoms with Gasteiger partial charge in [-0.1, -0.05) is 40.2 Å². The Hall–Kier alpha value is -2.35. The molecule has 2 aromatic carbocycles. The number of nitrogens with one attached hydrogen (secondary N) is 1. The highest BCUT2D eigenvalue weighted by Gasteiger charge is 2.46. The molecule has 0 spiro atoms. The molecule has 0 saturated heterocycles. The molecule has 0 bridgehead atoms. The topological polar surface area (TPSA) is 60.2 Å². The third-order valence-corrected chi connectivity index (χ3v) is 5.56. The van der Waals surface area contributed by atoms with Crippen molar-refractivity contribution in [1.29, 1.82) is 0 Å². The highest BCUT2D eigenvalue weighted by Crippen LogP contribution is 2.46. The number of alkyl halides is 2. The second-order valence-corrected chi connectivity index (χ2v) is 7.49. The smallest absolute Gasteiger partial charge is 0.267 e. The molecule has 2 unspecified atom stereocenters. The van der Waals surface area contributed by atoms with Gasteiger partial charge in [-0.05, 0) is 41.5 Å². The minimum Gasteiger partial charge on any atom is -0.496 e. The van der Waals surface area contributed by atoms with Crippen molar-refractivity contribution in [2.45, 2.75) is 18.1 Å². The molecule has 1 aliphatic heterocycles. The van der Waals surface area contributed by atoms with Gasteiger partial charge >= 0.3 is 0 Å². The second kappa shape index (κ2) is 7.24. The molecule has 2 atom stereocenters. The van der Waals surface area contributed by atoms with Crippen molar-refractivity contribution < 1.29 is 13.5 Å². The number of ether oxygens (including phenoxy) is 1. The fourth-order valence-electron chi connectivity index (χ4n) is 3.87. The number of hydrogen-bond donors (Lipinski definition) is 2. The van der Waals surface area contributed by atoms with Crippen LogP contribution in [-0.4, -0.2) is 12.1 Å². The van der Waals surface area contributed by atoms with Crippen molar-refractivity contribution >= 4 is 15.9 Å². The maximum Gasteiger partial charge on any atom is 0.267 e. The summed E-state index contributed by atoms with van der Waals surface area (Å²) in [7, 11) is 1.38. The molecule has 4 nitrogen and oxygen atoms in total. The summed E-state index contributed by atoms with van der Waals surface area (Å²) in [5.41, 5.74) is 8.29. The Morgan fingerprint density at radius 3 is 2.64 bits per heavy atom. The fraction of sp³-hybridized carbons (Fsp3) is 0.190. The first kappa shape index (κ1) is 19.0. The minimum absolute atomic E-state index is 0.150. The van der Waals surface area contributed by atoms with Gasteiger partial charge in [0.15, 0.2) is 0 Å². The van der Waals surface area contributed by atoms with E-state index in [4.69, 9.17) is 10.5 Å². The minimum atomic E-state index is -2.67. The number of fused-ring (bicyclic) bond motifs is 1. The number of pyridine rings is 1. The van der Waals surface area contributed by atoms with E-state index in [2.05, 4.69) is 26.2 Å². The number of rotatable bonds is 4. The van der Waals surface area contributed by atoms with Crippen LogP contribution < -0.4 is 15.8 Å². The number of hydrogen-bond acceptors (Lipinski definition) is 4. The molecule has 1 aliphatic rings. The van der Waals surface area contributed by atoms with Gasteiger partial charge in [0.05, 0.1) is 23.9 Å². The summed E-state index contributed by atoms with van der Waals surface area (Å²) in [6.07, 6.45) is -1.53. The van der Waals surface area contributed by atoms with Crippen molar-refractivity contribution in [3.63, 3.8) is 0 Å². The second-order valence-electron chi connectivity index (χ2n) is 6.58. The molecule has 0 saturated carbocycles. The van der Waals surface area contributed by atoms with Crippen molar-refractivity contribution in [2.24, 2.45) is 5.73 Å². The zero-order valence-electron chi connectivity index (χ0n) is 15.0. The molecule has 1 aromatic heterocycles. The highest BCUT2D eigenvalue weighted by atomic mass is 79.9. The van der Waals surface area contributed by atoms with Crippen molar-refractivity contribution in [2.75, 3.05) is 7.11 Å². The lowest BCUT2D eigenvalue weighted by Crippen LogP contribution is -2.42. The van der Waals surface area contributed by atoms with Crippen LogP contribution in [0.4, 0.5) is 8.78 Å². The lowest BCUT2D eigenvalue weighted by atomic mass is 9.78. The maximum absolute atomic E-state index is 13.7. The molecular weight excluding hydrogens is 428 g/mol. The van der Waals surface area contributed by atoms with Gasteiger partial charge in [0.1, 0.15) is 11.9 Å². The highest BCUT2D eigenvalue weighted by molar-refractivity contribution is 9.10. The van der Waals surface area contributed by atoms with Crippen molar-refractivity contribution in [3.05, 3.63) is 93.2 Å².